The van der Waals surface area contributed by atoms with E-state index in [1.807, 2.05) is 6.92 Å². The molecule has 0 bridgehead atoms. The third-order valence-electron chi connectivity index (χ3n) is 2.66. The predicted molar refractivity (Wildman–Crippen MR) is 69.1 cm³/mol. The normalized spacial score (nSPS) is 11.7. The van der Waals surface area contributed by atoms with Gasteiger partial charge in [0.1, 0.15) is 0 Å². The molecular weight excluding hydrogens is 196 g/mol. The summed E-state index contributed by atoms with van der Waals surface area (Å²) in [4.78, 5) is 0. The highest BCUT2D eigenvalue weighted by molar-refractivity contribution is 5.30. The monoisotopic (exact) mass is 216 g/mol. The van der Waals surface area contributed by atoms with Crippen LogP contribution in [0.4, 0.5) is 0 Å². The number of hydrogen-bond donors (Lipinski definition) is 2. The first-order chi connectivity index (χ1) is 7.83. The summed E-state index contributed by atoms with van der Waals surface area (Å²) in [7, 11) is 0. The van der Waals surface area contributed by atoms with E-state index in [4.69, 9.17) is 5.73 Å². The van der Waals surface area contributed by atoms with E-state index in [9.17, 15) is 0 Å². The van der Waals surface area contributed by atoms with Gasteiger partial charge in [0.05, 0.1) is 6.54 Å². The van der Waals surface area contributed by atoms with Crippen LogP contribution < -0.4 is 11.1 Å². The standard InChI is InChI=1S/C14H20N2/c1-3-5-10-16-14(11-15)13-9-7-6-8-12(13)4-2/h6-9,14,16H,4,10-11,15H2,1-2H3. The molecule has 0 saturated heterocycles. The van der Waals surface area contributed by atoms with E-state index in [0.717, 1.165) is 6.42 Å². The van der Waals surface area contributed by atoms with Crippen LogP contribution in [0.2, 0.25) is 0 Å². The highest BCUT2D eigenvalue weighted by Crippen LogP contribution is 2.17. The molecule has 1 aromatic rings. The molecule has 1 aromatic carbocycles. The lowest BCUT2D eigenvalue weighted by Crippen LogP contribution is -2.29. The molecule has 3 N–H and O–H groups in total. The van der Waals surface area contributed by atoms with Crippen molar-refractivity contribution in [3.8, 4) is 11.8 Å². The van der Waals surface area contributed by atoms with Gasteiger partial charge in [-0.1, -0.05) is 37.1 Å². The molecule has 0 saturated carbocycles. The second-order valence-corrected chi connectivity index (χ2v) is 3.65. The van der Waals surface area contributed by atoms with Gasteiger partial charge in [-0.2, -0.15) is 0 Å². The van der Waals surface area contributed by atoms with Gasteiger partial charge in [0.25, 0.3) is 0 Å². The number of hydrogen-bond acceptors (Lipinski definition) is 2. The summed E-state index contributed by atoms with van der Waals surface area (Å²) in [5.74, 6) is 5.88. The maximum Gasteiger partial charge on any atom is 0.0581 e. The first kappa shape index (κ1) is 12.8. The number of nitrogens with one attached hydrogen (secondary N) is 1. The fourth-order valence-corrected chi connectivity index (χ4v) is 1.78. The third kappa shape index (κ3) is 3.37. The Hall–Kier alpha value is -1.30. The predicted octanol–water partition coefficient (Wildman–Crippen LogP) is 1.86. The minimum absolute atomic E-state index is 0.206. The Bertz CT molecular complexity index is 374. The van der Waals surface area contributed by atoms with Crippen molar-refractivity contribution in [3.05, 3.63) is 35.4 Å². The van der Waals surface area contributed by atoms with Gasteiger partial charge in [0, 0.05) is 12.6 Å². The second kappa shape index (κ2) is 7.05. The number of rotatable bonds is 5. The van der Waals surface area contributed by atoms with Crippen LogP contribution in [0.5, 0.6) is 0 Å². The molecular formula is C14H20N2. The van der Waals surface area contributed by atoms with Crippen LogP contribution in [0.15, 0.2) is 24.3 Å². The number of benzene rings is 1. The lowest BCUT2D eigenvalue weighted by atomic mass is 9.98. The zero-order valence-electron chi connectivity index (χ0n) is 10.1. The van der Waals surface area contributed by atoms with E-state index in [1.165, 1.54) is 11.1 Å². The highest BCUT2D eigenvalue weighted by atomic mass is 14.9. The Kier molecular flexibility index (Phi) is 5.63. The van der Waals surface area contributed by atoms with E-state index in [-0.39, 0.29) is 6.04 Å². The Morgan fingerprint density at radius 2 is 2.12 bits per heavy atom. The van der Waals surface area contributed by atoms with Crippen LogP contribution >= 0.6 is 0 Å². The van der Waals surface area contributed by atoms with Gasteiger partial charge in [-0.05, 0) is 24.5 Å². The molecule has 0 aliphatic rings. The minimum Gasteiger partial charge on any atom is -0.329 e. The molecule has 0 aromatic heterocycles. The van der Waals surface area contributed by atoms with Crippen molar-refractivity contribution in [2.75, 3.05) is 13.1 Å². The van der Waals surface area contributed by atoms with Crippen LogP contribution in [-0.4, -0.2) is 13.1 Å². The summed E-state index contributed by atoms with van der Waals surface area (Å²) >= 11 is 0. The van der Waals surface area contributed by atoms with Crippen molar-refractivity contribution >= 4 is 0 Å². The van der Waals surface area contributed by atoms with E-state index in [1.54, 1.807) is 0 Å². The largest absolute Gasteiger partial charge is 0.329 e. The van der Waals surface area contributed by atoms with E-state index < -0.39 is 0 Å². The van der Waals surface area contributed by atoms with Gasteiger partial charge in [0.2, 0.25) is 0 Å². The molecule has 0 heterocycles. The lowest BCUT2D eigenvalue weighted by Gasteiger charge is -2.18. The van der Waals surface area contributed by atoms with Crippen molar-refractivity contribution in [2.24, 2.45) is 5.73 Å². The van der Waals surface area contributed by atoms with Gasteiger partial charge in [-0.3, -0.25) is 5.32 Å². The molecule has 0 aliphatic heterocycles. The fourth-order valence-electron chi connectivity index (χ4n) is 1.78. The van der Waals surface area contributed by atoms with Crippen LogP contribution in [0.1, 0.15) is 31.0 Å². The van der Waals surface area contributed by atoms with Crippen LogP contribution in [-0.2, 0) is 6.42 Å². The number of nitrogens with two attached hydrogens (primary N) is 1. The molecule has 0 aliphatic carbocycles. The van der Waals surface area contributed by atoms with Crippen molar-refractivity contribution in [1.29, 1.82) is 0 Å². The van der Waals surface area contributed by atoms with Crippen LogP contribution in [0.3, 0.4) is 0 Å². The molecule has 0 fully saturated rings. The molecule has 86 valence electrons. The fraction of sp³-hybridized carbons (Fsp3) is 0.429. The molecule has 0 spiro atoms. The van der Waals surface area contributed by atoms with Crippen molar-refractivity contribution in [1.82, 2.24) is 5.32 Å². The Morgan fingerprint density at radius 1 is 1.38 bits per heavy atom. The second-order valence-electron chi connectivity index (χ2n) is 3.65. The summed E-state index contributed by atoms with van der Waals surface area (Å²) in [6.45, 7) is 5.30. The quantitative estimate of drug-likeness (QED) is 0.737. The van der Waals surface area contributed by atoms with Crippen molar-refractivity contribution in [2.45, 2.75) is 26.3 Å². The van der Waals surface area contributed by atoms with Crippen molar-refractivity contribution < 1.29 is 0 Å². The van der Waals surface area contributed by atoms with Gasteiger partial charge in [0.15, 0.2) is 0 Å². The highest BCUT2D eigenvalue weighted by Gasteiger charge is 2.10. The van der Waals surface area contributed by atoms with Gasteiger partial charge in [-0.15, -0.1) is 5.92 Å². The van der Waals surface area contributed by atoms with E-state index in [0.29, 0.717) is 13.1 Å². The zero-order chi connectivity index (χ0) is 11.8. The molecule has 2 nitrogen and oxygen atoms in total. The Labute approximate surface area is 98.2 Å². The first-order valence-electron chi connectivity index (χ1n) is 5.74. The molecule has 1 atom stereocenters. The average Bonchev–Trinajstić information content (AvgIpc) is 2.35. The minimum atomic E-state index is 0.206. The zero-order valence-corrected chi connectivity index (χ0v) is 10.1. The van der Waals surface area contributed by atoms with Gasteiger partial charge < -0.3 is 5.73 Å². The molecule has 1 rings (SSSR count). The molecule has 0 radical (unpaired) electrons. The van der Waals surface area contributed by atoms with E-state index >= 15 is 0 Å². The maximum absolute atomic E-state index is 5.80. The smallest absolute Gasteiger partial charge is 0.0581 e. The Balaban J connectivity index is 2.79. The summed E-state index contributed by atoms with van der Waals surface area (Å²) < 4.78 is 0. The summed E-state index contributed by atoms with van der Waals surface area (Å²) in [5, 5.41) is 3.36. The SMILES string of the molecule is CC#CCNC(CN)c1ccccc1CC. The maximum atomic E-state index is 5.80. The summed E-state index contributed by atoms with van der Waals surface area (Å²) in [6.07, 6.45) is 1.04. The van der Waals surface area contributed by atoms with Gasteiger partial charge >= 0.3 is 0 Å². The van der Waals surface area contributed by atoms with Gasteiger partial charge in [-0.25, -0.2) is 0 Å². The average molecular weight is 216 g/mol. The molecule has 2 heteroatoms. The summed E-state index contributed by atoms with van der Waals surface area (Å²) in [5.41, 5.74) is 8.45. The molecule has 1 unspecified atom stereocenters. The number of aryl methyl sites for hydroxylation is 1. The van der Waals surface area contributed by atoms with Crippen LogP contribution in [0, 0.1) is 11.8 Å². The topological polar surface area (TPSA) is 38.0 Å². The van der Waals surface area contributed by atoms with Crippen LogP contribution in [0.25, 0.3) is 0 Å². The summed E-state index contributed by atoms with van der Waals surface area (Å²) in [6, 6.07) is 8.64. The molecule has 16 heavy (non-hydrogen) atoms. The Morgan fingerprint density at radius 3 is 2.75 bits per heavy atom. The molecule has 0 amide bonds. The van der Waals surface area contributed by atoms with Crippen molar-refractivity contribution in [3.63, 3.8) is 0 Å². The first-order valence-corrected chi connectivity index (χ1v) is 5.74. The third-order valence-corrected chi connectivity index (χ3v) is 2.66. The van der Waals surface area contributed by atoms with E-state index in [2.05, 4.69) is 48.3 Å². The lowest BCUT2D eigenvalue weighted by molar-refractivity contribution is 0.577.